The maximum absolute atomic E-state index is 13.6. The standard InChI is InChI=1S/C25H30ClN3O2/c1-5-7-8-13-23(30)28(6-2)18(4)24-27-21-12-10-9-11-20(21)25(31)29(24)22-15-14-19(26)16-17(22)3/h9-12,14-16,18H,5-8,13H2,1-4H3. The Balaban J connectivity index is 2.18. The van der Waals surface area contributed by atoms with Crippen molar-refractivity contribution < 1.29 is 4.79 Å². The van der Waals surface area contributed by atoms with Crippen molar-refractivity contribution in [3.63, 3.8) is 0 Å². The molecule has 0 N–H and O–H groups in total. The fraction of sp³-hybridized carbons (Fsp3) is 0.400. The first kappa shape index (κ1) is 23.0. The largest absolute Gasteiger partial charge is 0.333 e. The molecule has 0 bridgehead atoms. The summed E-state index contributed by atoms with van der Waals surface area (Å²) >= 11 is 6.16. The van der Waals surface area contributed by atoms with Gasteiger partial charge in [-0.15, -0.1) is 0 Å². The molecule has 5 nitrogen and oxygen atoms in total. The number of aromatic nitrogens is 2. The second-order valence-electron chi connectivity index (χ2n) is 7.87. The Labute approximate surface area is 188 Å². The number of aryl methyl sites for hydroxylation is 1. The molecule has 0 saturated heterocycles. The molecule has 2 aromatic carbocycles. The van der Waals surface area contributed by atoms with Gasteiger partial charge in [0.1, 0.15) is 5.82 Å². The summed E-state index contributed by atoms with van der Waals surface area (Å²) in [6.07, 6.45) is 3.47. The van der Waals surface area contributed by atoms with Gasteiger partial charge in [0.15, 0.2) is 0 Å². The van der Waals surface area contributed by atoms with Crippen molar-refractivity contribution in [2.45, 2.75) is 59.4 Å². The first-order valence-electron chi connectivity index (χ1n) is 11.0. The number of amides is 1. The fourth-order valence-corrected chi connectivity index (χ4v) is 4.23. The molecule has 0 saturated carbocycles. The number of para-hydroxylation sites is 1. The molecular weight excluding hydrogens is 410 g/mol. The minimum absolute atomic E-state index is 0.0882. The van der Waals surface area contributed by atoms with Gasteiger partial charge in [-0.3, -0.25) is 14.2 Å². The lowest BCUT2D eigenvalue weighted by molar-refractivity contribution is -0.133. The zero-order valence-electron chi connectivity index (χ0n) is 18.7. The van der Waals surface area contributed by atoms with E-state index in [0.29, 0.717) is 34.7 Å². The third-order valence-corrected chi connectivity index (χ3v) is 5.93. The van der Waals surface area contributed by atoms with Gasteiger partial charge < -0.3 is 4.90 Å². The summed E-state index contributed by atoms with van der Waals surface area (Å²) < 4.78 is 1.64. The van der Waals surface area contributed by atoms with Gasteiger partial charge in [0, 0.05) is 18.0 Å². The molecule has 3 rings (SSSR count). The molecule has 0 radical (unpaired) electrons. The first-order valence-corrected chi connectivity index (χ1v) is 11.3. The number of carbonyl (C=O) groups excluding carboxylic acids is 1. The van der Waals surface area contributed by atoms with E-state index < -0.39 is 0 Å². The van der Waals surface area contributed by atoms with Crippen LogP contribution in [0, 0.1) is 6.92 Å². The van der Waals surface area contributed by atoms with E-state index in [1.54, 1.807) is 16.7 Å². The van der Waals surface area contributed by atoms with Crippen LogP contribution in [-0.2, 0) is 4.79 Å². The number of unbranched alkanes of at least 4 members (excludes halogenated alkanes) is 2. The molecule has 1 amide bonds. The minimum Gasteiger partial charge on any atom is -0.333 e. The predicted octanol–water partition coefficient (Wildman–Crippen LogP) is 5.84. The van der Waals surface area contributed by atoms with E-state index in [1.165, 1.54) is 0 Å². The zero-order valence-corrected chi connectivity index (χ0v) is 19.4. The maximum atomic E-state index is 13.6. The van der Waals surface area contributed by atoms with Gasteiger partial charge >= 0.3 is 0 Å². The second kappa shape index (κ2) is 10.1. The lowest BCUT2D eigenvalue weighted by Crippen LogP contribution is -2.37. The predicted molar refractivity (Wildman–Crippen MR) is 127 cm³/mol. The number of hydrogen-bond acceptors (Lipinski definition) is 3. The normalized spacial score (nSPS) is 12.2. The Kier molecular flexibility index (Phi) is 7.50. The minimum atomic E-state index is -0.355. The second-order valence-corrected chi connectivity index (χ2v) is 8.31. The summed E-state index contributed by atoms with van der Waals surface area (Å²) in [5.41, 5.74) is 2.08. The fourth-order valence-electron chi connectivity index (χ4n) is 4.01. The number of rotatable bonds is 8. The van der Waals surface area contributed by atoms with Gasteiger partial charge in [-0.25, -0.2) is 4.98 Å². The van der Waals surface area contributed by atoms with Crippen LogP contribution in [0.4, 0.5) is 0 Å². The lowest BCUT2D eigenvalue weighted by Gasteiger charge is -2.30. The van der Waals surface area contributed by atoms with E-state index in [1.807, 2.05) is 56.0 Å². The maximum Gasteiger partial charge on any atom is 0.266 e. The monoisotopic (exact) mass is 439 g/mol. The molecule has 1 unspecified atom stereocenters. The molecule has 6 heteroatoms. The molecule has 0 spiro atoms. The van der Waals surface area contributed by atoms with Crippen LogP contribution >= 0.6 is 11.6 Å². The van der Waals surface area contributed by atoms with Gasteiger partial charge in [-0.1, -0.05) is 43.5 Å². The highest BCUT2D eigenvalue weighted by Gasteiger charge is 2.26. The van der Waals surface area contributed by atoms with Crippen LogP contribution in [0.1, 0.15) is 63.9 Å². The van der Waals surface area contributed by atoms with E-state index in [-0.39, 0.29) is 17.5 Å². The van der Waals surface area contributed by atoms with Gasteiger partial charge in [0.05, 0.1) is 22.6 Å². The Morgan fingerprint density at radius 1 is 1.16 bits per heavy atom. The summed E-state index contributed by atoms with van der Waals surface area (Å²) in [6, 6.07) is 12.4. The number of halogens is 1. The smallest absolute Gasteiger partial charge is 0.266 e. The Bertz CT molecular complexity index is 1140. The van der Waals surface area contributed by atoms with Crippen LogP contribution in [0.15, 0.2) is 47.3 Å². The highest BCUT2D eigenvalue weighted by Crippen LogP contribution is 2.26. The Morgan fingerprint density at radius 2 is 1.90 bits per heavy atom. The average molecular weight is 440 g/mol. The topological polar surface area (TPSA) is 55.2 Å². The highest BCUT2D eigenvalue weighted by atomic mass is 35.5. The van der Waals surface area contributed by atoms with Crippen LogP contribution in [0.25, 0.3) is 16.6 Å². The molecular formula is C25H30ClN3O2. The molecule has 0 aliphatic heterocycles. The third-order valence-electron chi connectivity index (χ3n) is 5.70. The summed E-state index contributed by atoms with van der Waals surface area (Å²) in [5.74, 6) is 0.644. The van der Waals surface area contributed by atoms with Crippen molar-refractivity contribution in [1.82, 2.24) is 14.5 Å². The SMILES string of the molecule is CCCCCC(=O)N(CC)C(C)c1nc2ccccc2c(=O)n1-c1ccc(Cl)cc1C. The van der Waals surface area contributed by atoms with E-state index in [0.717, 1.165) is 30.5 Å². The van der Waals surface area contributed by atoms with Crippen LogP contribution in [0.5, 0.6) is 0 Å². The van der Waals surface area contributed by atoms with E-state index >= 15 is 0 Å². The summed E-state index contributed by atoms with van der Waals surface area (Å²) in [4.78, 5) is 33.2. The van der Waals surface area contributed by atoms with E-state index in [4.69, 9.17) is 16.6 Å². The number of fused-ring (bicyclic) bond motifs is 1. The van der Waals surface area contributed by atoms with Gasteiger partial charge in [0.25, 0.3) is 5.56 Å². The van der Waals surface area contributed by atoms with Gasteiger partial charge in [-0.2, -0.15) is 0 Å². The lowest BCUT2D eigenvalue weighted by atomic mass is 10.1. The van der Waals surface area contributed by atoms with Crippen LogP contribution in [0.2, 0.25) is 5.02 Å². The molecule has 1 aromatic heterocycles. The highest BCUT2D eigenvalue weighted by molar-refractivity contribution is 6.30. The number of nitrogens with zero attached hydrogens (tertiary/aromatic N) is 3. The third kappa shape index (κ3) is 4.82. The van der Waals surface area contributed by atoms with E-state index in [2.05, 4.69) is 6.92 Å². The average Bonchev–Trinajstić information content (AvgIpc) is 2.75. The molecule has 0 aliphatic carbocycles. The Morgan fingerprint density at radius 3 is 2.58 bits per heavy atom. The quantitative estimate of drug-likeness (QED) is 0.414. The number of hydrogen-bond donors (Lipinski definition) is 0. The summed E-state index contributed by atoms with van der Waals surface area (Å²) in [6.45, 7) is 8.50. The molecule has 0 aliphatic rings. The molecule has 0 fully saturated rings. The molecule has 3 aromatic rings. The molecule has 1 atom stereocenters. The van der Waals surface area contributed by atoms with E-state index in [9.17, 15) is 9.59 Å². The Hall–Kier alpha value is -2.66. The van der Waals surface area contributed by atoms with Gasteiger partial charge in [0.2, 0.25) is 5.91 Å². The zero-order chi connectivity index (χ0) is 22.5. The molecule has 31 heavy (non-hydrogen) atoms. The van der Waals surface area contributed by atoms with Crippen LogP contribution in [0.3, 0.4) is 0 Å². The van der Waals surface area contributed by atoms with Crippen molar-refractivity contribution in [3.8, 4) is 5.69 Å². The number of carbonyl (C=O) groups is 1. The molecule has 1 heterocycles. The van der Waals surface area contributed by atoms with Crippen molar-refractivity contribution in [3.05, 3.63) is 69.2 Å². The van der Waals surface area contributed by atoms with Crippen molar-refractivity contribution >= 4 is 28.4 Å². The van der Waals surface area contributed by atoms with Crippen molar-refractivity contribution in [2.75, 3.05) is 6.54 Å². The number of benzene rings is 2. The van der Waals surface area contributed by atoms with Crippen molar-refractivity contribution in [1.29, 1.82) is 0 Å². The van der Waals surface area contributed by atoms with Crippen LogP contribution in [-0.4, -0.2) is 26.9 Å². The molecule has 164 valence electrons. The van der Waals surface area contributed by atoms with Crippen LogP contribution < -0.4 is 5.56 Å². The summed E-state index contributed by atoms with van der Waals surface area (Å²) in [5, 5.41) is 1.16. The van der Waals surface area contributed by atoms with Gasteiger partial charge in [-0.05, 0) is 63.1 Å². The summed E-state index contributed by atoms with van der Waals surface area (Å²) in [7, 11) is 0. The van der Waals surface area contributed by atoms with Crippen molar-refractivity contribution in [2.24, 2.45) is 0 Å². The first-order chi connectivity index (χ1) is 14.9.